The molecule has 0 bridgehead atoms. The Bertz CT molecular complexity index is 224. The monoisotopic (exact) mass is 195 g/mol. The Kier molecular flexibility index (Phi) is 3.87. The van der Waals surface area contributed by atoms with Crippen molar-refractivity contribution in [1.29, 1.82) is 0 Å². The summed E-state index contributed by atoms with van der Waals surface area (Å²) in [5.41, 5.74) is 5.74. The van der Waals surface area contributed by atoms with E-state index >= 15 is 0 Å². The van der Waals surface area contributed by atoms with Crippen molar-refractivity contribution in [2.75, 3.05) is 0 Å². The third-order valence-electron chi connectivity index (χ3n) is 3.48. The van der Waals surface area contributed by atoms with Crippen molar-refractivity contribution >= 4 is 5.78 Å². The van der Waals surface area contributed by atoms with Gasteiger partial charge in [0.15, 0.2) is 0 Å². The molecule has 0 radical (unpaired) electrons. The average molecular weight is 195 g/mol. The first-order valence-electron chi connectivity index (χ1n) is 5.51. The Morgan fingerprint density at radius 2 is 2.43 bits per heavy atom. The van der Waals surface area contributed by atoms with Crippen LogP contribution < -0.4 is 5.73 Å². The Balaban J connectivity index is 2.46. The predicted octanol–water partition coefficient (Wildman–Crippen LogP) is 2.43. The standard InChI is InChI=1S/C12H21NO/c1-3-4-5-8-11(14)12(2)9-6-7-10(12)13/h3,10H,1,4-9,13H2,2H3. The number of Topliss-reactive ketones (excluding diaryl/α,β-unsaturated/α-hetero) is 1. The van der Waals surface area contributed by atoms with Crippen LogP contribution in [0.1, 0.15) is 45.4 Å². The van der Waals surface area contributed by atoms with Gasteiger partial charge in [0.05, 0.1) is 0 Å². The van der Waals surface area contributed by atoms with Crippen LogP contribution in [0.3, 0.4) is 0 Å². The number of carbonyl (C=O) groups excluding carboxylic acids is 1. The number of unbranched alkanes of at least 4 members (excludes halogenated alkanes) is 1. The first kappa shape index (κ1) is 11.4. The Labute approximate surface area is 86.6 Å². The molecule has 0 aromatic carbocycles. The van der Waals surface area contributed by atoms with Crippen LogP contribution in [0.25, 0.3) is 0 Å². The van der Waals surface area contributed by atoms with Crippen LogP contribution in [0.15, 0.2) is 12.7 Å². The number of hydrogen-bond donors (Lipinski definition) is 1. The van der Waals surface area contributed by atoms with Gasteiger partial charge < -0.3 is 5.73 Å². The maximum absolute atomic E-state index is 11.9. The molecule has 0 saturated heterocycles. The van der Waals surface area contributed by atoms with E-state index < -0.39 is 0 Å². The highest BCUT2D eigenvalue weighted by atomic mass is 16.1. The van der Waals surface area contributed by atoms with E-state index in [2.05, 4.69) is 6.58 Å². The third-order valence-corrected chi connectivity index (χ3v) is 3.48. The first-order valence-corrected chi connectivity index (χ1v) is 5.51. The lowest BCUT2D eigenvalue weighted by molar-refractivity contribution is -0.128. The van der Waals surface area contributed by atoms with Crippen molar-refractivity contribution in [3.8, 4) is 0 Å². The summed E-state index contributed by atoms with van der Waals surface area (Å²) in [5, 5.41) is 0. The van der Waals surface area contributed by atoms with Crippen molar-refractivity contribution in [2.24, 2.45) is 11.1 Å². The lowest BCUT2D eigenvalue weighted by Crippen LogP contribution is -2.41. The zero-order valence-electron chi connectivity index (χ0n) is 9.09. The molecule has 0 heterocycles. The zero-order valence-corrected chi connectivity index (χ0v) is 9.09. The summed E-state index contributed by atoms with van der Waals surface area (Å²) >= 11 is 0. The van der Waals surface area contributed by atoms with Gasteiger partial charge in [-0.1, -0.05) is 19.4 Å². The van der Waals surface area contributed by atoms with Gasteiger partial charge in [-0.05, 0) is 25.7 Å². The second-order valence-corrected chi connectivity index (χ2v) is 4.52. The minimum Gasteiger partial charge on any atom is -0.327 e. The Morgan fingerprint density at radius 1 is 1.71 bits per heavy atom. The topological polar surface area (TPSA) is 43.1 Å². The fourth-order valence-electron chi connectivity index (χ4n) is 2.23. The minimum atomic E-state index is -0.235. The fourth-order valence-corrected chi connectivity index (χ4v) is 2.23. The molecule has 80 valence electrons. The zero-order chi connectivity index (χ0) is 10.6. The normalized spacial score (nSPS) is 31.7. The molecule has 1 fully saturated rings. The highest BCUT2D eigenvalue weighted by Crippen LogP contribution is 2.38. The second-order valence-electron chi connectivity index (χ2n) is 4.52. The molecule has 1 saturated carbocycles. The lowest BCUT2D eigenvalue weighted by atomic mass is 9.79. The van der Waals surface area contributed by atoms with E-state index in [0.29, 0.717) is 12.2 Å². The van der Waals surface area contributed by atoms with Crippen LogP contribution in [-0.2, 0) is 4.79 Å². The molecule has 2 atom stereocenters. The molecule has 2 nitrogen and oxygen atoms in total. The number of ketones is 1. The molecule has 1 aliphatic rings. The SMILES string of the molecule is C=CCCCC(=O)C1(C)CCCC1N. The number of allylic oxidation sites excluding steroid dienone is 1. The van der Waals surface area contributed by atoms with E-state index in [0.717, 1.165) is 32.1 Å². The van der Waals surface area contributed by atoms with Crippen molar-refractivity contribution < 1.29 is 4.79 Å². The van der Waals surface area contributed by atoms with Gasteiger partial charge in [0.1, 0.15) is 5.78 Å². The molecule has 0 aliphatic heterocycles. The van der Waals surface area contributed by atoms with E-state index in [1.807, 2.05) is 13.0 Å². The summed E-state index contributed by atoms with van der Waals surface area (Å²) in [6, 6.07) is 0.0822. The highest BCUT2D eigenvalue weighted by Gasteiger charge is 2.41. The number of nitrogens with two attached hydrogens (primary N) is 1. The van der Waals surface area contributed by atoms with E-state index in [9.17, 15) is 4.79 Å². The predicted molar refractivity (Wildman–Crippen MR) is 59.0 cm³/mol. The lowest BCUT2D eigenvalue weighted by Gasteiger charge is -2.27. The number of carbonyl (C=O) groups is 1. The molecule has 0 amide bonds. The van der Waals surface area contributed by atoms with E-state index in [1.54, 1.807) is 0 Å². The molecule has 0 aromatic heterocycles. The molecule has 2 heteroatoms. The number of hydrogen-bond acceptors (Lipinski definition) is 2. The highest BCUT2D eigenvalue weighted by molar-refractivity contribution is 5.85. The minimum absolute atomic E-state index is 0.0822. The van der Waals surface area contributed by atoms with Crippen molar-refractivity contribution in [2.45, 2.75) is 51.5 Å². The average Bonchev–Trinajstić information content (AvgIpc) is 2.49. The van der Waals surface area contributed by atoms with Crippen LogP contribution >= 0.6 is 0 Å². The van der Waals surface area contributed by atoms with Crippen LogP contribution in [-0.4, -0.2) is 11.8 Å². The van der Waals surface area contributed by atoms with Crippen molar-refractivity contribution in [3.63, 3.8) is 0 Å². The molecular formula is C12H21NO. The van der Waals surface area contributed by atoms with Gasteiger partial charge in [-0.3, -0.25) is 4.79 Å². The summed E-state index contributed by atoms with van der Waals surface area (Å²) in [7, 11) is 0. The fraction of sp³-hybridized carbons (Fsp3) is 0.750. The van der Waals surface area contributed by atoms with Gasteiger partial charge in [-0.25, -0.2) is 0 Å². The van der Waals surface area contributed by atoms with Gasteiger partial charge in [0.25, 0.3) is 0 Å². The van der Waals surface area contributed by atoms with Gasteiger partial charge >= 0.3 is 0 Å². The summed E-state index contributed by atoms with van der Waals surface area (Å²) in [6.45, 7) is 5.68. The molecular weight excluding hydrogens is 174 g/mol. The maximum Gasteiger partial charge on any atom is 0.140 e. The molecule has 1 rings (SSSR count). The van der Waals surface area contributed by atoms with Crippen LogP contribution in [0.5, 0.6) is 0 Å². The van der Waals surface area contributed by atoms with Gasteiger partial charge in [-0.2, -0.15) is 0 Å². The Morgan fingerprint density at radius 3 is 2.93 bits per heavy atom. The quantitative estimate of drug-likeness (QED) is 0.541. The smallest absolute Gasteiger partial charge is 0.140 e. The van der Waals surface area contributed by atoms with Crippen molar-refractivity contribution in [1.82, 2.24) is 0 Å². The largest absolute Gasteiger partial charge is 0.327 e. The Hall–Kier alpha value is -0.630. The summed E-state index contributed by atoms with van der Waals surface area (Å²) < 4.78 is 0. The molecule has 0 spiro atoms. The number of rotatable bonds is 5. The maximum atomic E-state index is 11.9. The van der Waals surface area contributed by atoms with Gasteiger partial charge in [0.2, 0.25) is 0 Å². The van der Waals surface area contributed by atoms with E-state index in [4.69, 9.17) is 5.73 Å². The molecule has 1 aliphatic carbocycles. The van der Waals surface area contributed by atoms with Crippen LogP contribution in [0.4, 0.5) is 0 Å². The molecule has 14 heavy (non-hydrogen) atoms. The summed E-state index contributed by atoms with van der Waals surface area (Å²) in [5.74, 6) is 0.351. The van der Waals surface area contributed by atoms with Crippen molar-refractivity contribution in [3.05, 3.63) is 12.7 Å². The molecule has 2 N–H and O–H groups in total. The van der Waals surface area contributed by atoms with E-state index in [1.165, 1.54) is 0 Å². The summed E-state index contributed by atoms with van der Waals surface area (Å²) in [6.07, 6.45) is 7.46. The van der Waals surface area contributed by atoms with Gasteiger partial charge in [-0.15, -0.1) is 6.58 Å². The third kappa shape index (κ3) is 2.24. The molecule has 2 unspecified atom stereocenters. The first-order chi connectivity index (χ1) is 6.61. The van der Waals surface area contributed by atoms with Crippen LogP contribution in [0, 0.1) is 5.41 Å². The van der Waals surface area contributed by atoms with E-state index in [-0.39, 0.29) is 11.5 Å². The molecule has 0 aromatic rings. The van der Waals surface area contributed by atoms with Gasteiger partial charge in [0, 0.05) is 17.9 Å². The second kappa shape index (κ2) is 4.74. The van der Waals surface area contributed by atoms with Crippen LogP contribution in [0.2, 0.25) is 0 Å². The summed E-state index contributed by atoms with van der Waals surface area (Å²) in [4.78, 5) is 11.9.